The van der Waals surface area contributed by atoms with E-state index in [1.54, 1.807) is 6.07 Å². The number of carbonyl (C=O) groups excluding carboxylic acids is 1. The maximum absolute atomic E-state index is 12.4. The first-order valence-electron chi connectivity index (χ1n) is 7.02. The Bertz CT molecular complexity index is 400. The summed E-state index contributed by atoms with van der Waals surface area (Å²) in [5.41, 5.74) is 0.471. The van der Waals surface area contributed by atoms with Gasteiger partial charge in [0.15, 0.2) is 5.69 Å². The third kappa shape index (κ3) is 2.74. The van der Waals surface area contributed by atoms with Crippen LogP contribution in [0.4, 0.5) is 0 Å². The van der Waals surface area contributed by atoms with Crippen molar-refractivity contribution >= 4 is 5.91 Å². The fraction of sp³-hybridized carbons (Fsp3) is 0.714. The lowest BCUT2D eigenvalue weighted by molar-refractivity contribution is 0.0597. The third-order valence-corrected chi connectivity index (χ3v) is 3.63. The van der Waals surface area contributed by atoms with E-state index in [-0.39, 0.29) is 5.91 Å². The summed E-state index contributed by atoms with van der Waals surface area (Å²) in [6, 6.07) is 2.17. The van der Waals surface area contributed by atoms with Crippen LogP contribution in [0.2, 0.25) is 0 Å². The minimum Gasteiger partial charge on any atom is -0.361 e. The van der Waals surface area contributed by atoms with Crippen LogP contribution in [0.3, 0.4) is 0 Å². The van der Waals surface area contributed by atoms with Gasteiger partial charge in [-0.1, -0.05) is 19.0 Å². The number of hydrogen-bond donors (Lipinski definition) is 0. The number of aromatic nitrogens is 1. The van der Waals surface area contributed by atoms with Gasteiger partial charge in [0.2, 0.25) is 0 Å². The average molecular weight is 250 g/mol. The molecule has 4 heteroatoms. The largest absolute Gasteiger partial charge is 0.361 e. The van der Waals surface area contributed by atoms with Crippen LogP contribution in [0, 0.1) is 0 Å². The number of nitrogens with zero attached hydrogens (tertiary/aromatic N) is 2. The summed E-state index contributed by atoms with van der Waals surface area (Å²) in [4.78, 5) is 14.4. The molecule has 0 aliphatic carbocycles. The predicted octanol–water partition coefficient (Wildman–Crippen LogP) is 3.03. The van der Waals surface area contributed by atoms with E-state index in [1.807, 2.05) is 4.90 Å². The van der Waals surface area contributed by atoms with E-state index in [2.05, 4.69) is 19.0 Å². The van der Waals surface area contributed by atoms with Crippen LogP contribution in [0.15, 0.2) is 10.6 Å². The molecule has 1 atom stereocenters. The fourth-order valence-electron chi connectivity index (χ4n) is 2.62. The number of carbonyl (C=O) groups is 1. The molecule has 0 spiro atoms. The lowest BCUT2D eigenvalue weighted by Gasteiger charge is -2.34. The molecule has 1 aliphatic heterocycles. The van der Waals surface area contributed by atoms with E-state index >= 15 is 0 Å². The third-order valence-electron chi connectivity index (χ3n) is 3.63. The van der Waals surface area contributed by atoms with Crippen LogP contribution in [-0.2, 0) is 6.42 Å². The molecule has 0 aromatic carbocycles. The highest BCUT2D eigenvalue weighted by Crippen LogP contribution is 2.21. The molecule has 0 N–H and O–H groups in total. The molecule has 1 unspecified atom stereocenters. The maximum atomic E-state index is 12.4. The molecule has 1 aromatic rings. The van der Waals surface area contributed by atoms with Crippen molar-refractivity contribution in [3.8, 4) is 0 Å². The van der Waals surface area contributed by atoms with Crippen molar-refractivity contribution in [3.63, 3.8) is 0 Å². The summed E-state index contributed by atoms with van der Waals surface area (Å²) in [6.45, 7) is 5.08. The predicted molar refractivity (Wildman–Crippen MR) is 69.5 cm³/mol. The van der Waals surface area contributed by atoms with Gasteiger partial charge < -0.3 is 9.42 Å². The molecule has 1 fully saturated rings. The van der Waals surface area contributed by atoms with Crippen molar-refractivity contribution in [3.05, 3.63) is 17.5 Å². The first kappa shape index (κ1) is 13.1. The van der Waals surface area contributed by atoms with Crippen LogP contribution in [0.5, 0.6) is 0 Å². The van der Waals surface area contributed by atoms with Gasteiger partial charge >= 0.3 is 0 Å². The second-order valence-corrected chi connectivity index (χ2v) is 4.98. The molecular weight excluding hydrogens is 228 g/mol. The summed E-state index contributed by atoms with van der Waals surface area (Å²) in [7, 11) is 0. The van der Waals surface area contributed by atoms with Gasteiger partial charge in [0.05, 0.1) is 0 Å². The van der Waals surface area contributed by atoms with Gasteiger partial charge in [-0.15, -0.1) is 0 Å². The molecule has 4 nitrogen and oxygen atoms in total. The summed E-state index contributed by atoms with van der Waals surface area (Å²) >= 11 is 0. The highest BCUT2D eigenvalue weighted by atomic mass is 16.5. The van der Waals surface area contributed by atoms with E-state index in [4.69, 9.17) is 4.52 Å². The number of hydrogen-bond acceptors (Lipinski definition) is 3. The van der Waals surface area contributed by atoms with Crippen LogP contribution in [0.25, 0.3) is 0 Å². The Kier molecular flexibility index (Phi) is 4.39. The highest BCUT2D eigenvalue weighted by Gasteiger charge is 2.27. The van der Waals surface area contributed by atoms with Crippen LogP contribution < -0.4 is 0 Å². The minimum absolute atomic E-state index is 0.0349. The summed E-state index contributed by atoms with van der Waals surface area (Å²) < 4.78 is 5.19. The number of piperidine rings is 1. The Balaban J connectivity index is 2.08. The van der Waals surface area contributed by atoms with Crippen molar-refractivity contribution in [1.82, 2.24) is 10.1 Å². The Morgan fingerprint density at radius 3 is 3.06 bits per heavy atom. The highest BCUT2D eigenvalue weighted by molar-refractivity contribution is 5.92. The first-order chi connectivity index (χ1) is 8.76. The molecule has 0 bridgehead atoms. The molecule has 2 rings (SSSR count). The Hall–Kier alpha value is -1.32. The summed E-state index contributed by atoms with van der Waals surface area (Å²) in [5.74, 6) is 0.846. The maximum Gasteiger partial charge on any atom is 0.276 e. The lowest BCUT2D eigenvalue weighted by Crippen LogP contribution is -2.43. The van der Waals surface area contributed by atoms with Gasteiger partial charge in [-0.2, -0.15) is 0 Å². The smallest absolute Gasteiger partial charge is 0.276 e. The normalized spacial score (nSPS) is 20.1. The number of aryl methyl sites for hydroxylation is 1. The molecule has 1 aromatic heterocycles. The number of likely N-dealkylation sites (tertiary alicyclic amines) is 1. The van der Waals surface area contributed by atoms with Gasteiger partial charge in [-0.25, -0.2) is 0 Å². The quantitative estimate of drug-likeness (QED) is 0.825. The van der Waals surface area contributed by atoms with Crippen LogP contribution in [-0.4, -0.2) is 28.6 Å². The van der Waals surface area contributed by atoms with Crippen LogP contribution in [0.1, 0.15) is 62.2 Å². The van der Waals surface area contributed by atoms with Crippen molar-refractivity contribution in [2.24, 2.45) is 0 Å². The number of rotatable bonds is 4. The monoisotopic (exact) mass is 250 g/mol. The van der Waals surface area contributed by atoms with Crippen molar-refractivity contribution in [2.45, 2.75) is 58.4 Å². The van der Waals surface area contributed by atoms with Crippen LogP contribution >= 0.6 is 0 Å². The molecule has 1 saturated heterocycles. The molecular formula is C14H22N2O2. The van der Waals surface area contributed by atoms with Gasteiger partial charge in [-0.3, -0.25) is 4.79 Å². The van der Waals surface area contributed by atoms with Crippen molar-refractivity contribution in [2.75, 3.05) is 6.54 Å². The summed E-state index contributed by atoms with van der Waals surface area (Å²) in [5, 5.41) is 3.91. The van der Waals surface area contributed by atoms with Crippen molar-refractivity contribution < 1.29 is 9.32 Å². The van der Waals surface area contributed by atoms with Gasteiger partial charge in [0.1, 0.15) is 5.76 Å². The first-order valence-corrected chi connectivity index (χ1v) is 7.02. The van der Waals surface area contributed by atoms with E-state index in [9.17, 15) is 4.79 Å². The molecule has 100 valence electrons. The molecule has 2 heterocycles. The van der Waals surface area contributed by atoms with Gasteiger partial charge in [0, 0.05) is 25.1 Å². The Morgan fingerprint density at radius 2 is 2.33 bits per heavy atom. The zero-order valence-electron chi connectivity index (χ0n) is 11.3. The molecule has 0 radical (unpaired) electrons. The second kappa shape index (κ2) is 6.03. The molecule has 0 saturated carbocycles. The number of amides is 1. The van der Waals surface area contributed by atoms with E-state index in [0.29, 0.717) is 11.7 Å². The topological polar surface area (TPSA) is 46.3 Å². The Labute approximate surface area is 108 Å². The molecule has 18 heavy (non-hydrogen) atoms. The van der Waals surface area contributed by atoms with E-state index < -0.39 is 0 Å². The van der Waals surface area contributed by atoms with Gasteiger partial charge in [0.25, 0.3) is 5.91 Å². The fourth-order valence-corrected chi connectivity index (χ4v) is 2.62. The zero-order chi connectivity index (χ0) is 13.0. The standard InChI is InChI=1S/C14H22N2O2/c1-3-7-12-10-13(15-18-12)14(17)16-9-6-5-8-11(16)4-2/h10-11H,3-9H2,1-2H3. The Morgan fingerprint density at radius 1 is 1.50 bits per heavy atom. The van der Waals surface area contributed by atoms with E-state index in [1.165, 1.54) is 6.42 Å². The second-order valence-electron chi connectivity index (χ2n) is 4.98. The minimum atomic E-state index is 0.0349. The van der Waals surface area contributed by atoms with Crippen molar-refractivity contribution in [1.29, 1.82) is 0 Å². The van der Waals surface area contributed by atoms with Gasteiger partial charge in [-0.05, 0) is 32.1 Å². The molecule has 1 aliphatic rings. The van der Waals surface area contributed by atoms with E-state index in [0.717, 1.165) is 44.4 Å². The SMILES string of the molecule is CCCc1cc(C(=O)N2CCCCC2CC)no1. The molecule has 1 amide bonds. The lowest BCUT2D eigenvalue weighted by atomic mass is 9.99. The zero-order valence-corrected chi connectivity index (χ0v) is 11.3. The average Bonchev–Trinajstić information content (AvgIpc) is 2.87. The summed E-state index contributed by atoms with van der Waals surface area (Å²) in [6.07, 6.45) is 6.30.